The number of anilines is 1. The lowest BCUT2D eigenvalue weighted by atomic mass is 10.1. The summed E-state index contributed by atoms with van der Waals surface area (Å²) >= 11 is 6.11. The summed E-state index contributed by atoms with van der Waals surface area (Å²) in [6.07, 6.45) is 1.98. The summed E-state index contributed by atoms with van der Waals surface area (Å²) in [6.45, 7) is 4.54. The molecule has 1 saturated heterocycles. The van der Waals surface area contributed by atoms with E-state index in [2.05, 4.69) is 68.6 Å². The topological polar surface area (TPSA) is 50.1 Å². The monoisotopic (exact) mass is 454 g/mol. The van der Waals surface area contributed by atoms with E-state index in [0.29, 0.717) is 5.02 Å². The van der Waals surface area contributed by atoms with E-state index in [1.807, 2.05) is 30.5 Å². The lowest BCUT2D eigenvalue weighted by Gasteiger charge is -2.35. The fourth-order valence-electron chi connectivity index (χ4n) is 4.59. The van der Waals surface area contributed by atoms with Gasteiger partial charge in [0, 0.05) is 48.5 Å². The zero-order valence-corrected chi connectivity index (χ0v) is 18.9. The first-order valence-electron chi connectivity index (χ1n) is 11.2. The normalized spacial score (nSPS) is 14.9. The highest BCUT2D eigenvalue weighted by Crippen LogP contribution is 2.31. The van der Waals surface area contributed by atoms with Crippen LogP contribution in [0.4, 0.5) is 5.82 Å². The first-order chi connectivity index (χ1) is 16.2. The van der Waals surface area contributed by atoms with Gasteiger partial charge in [0.05, 0.1) is 23.1 Å². The van der Waals surface area contributed by atoms with Gasteiger partial charge in [-0.25, -0.2) is 9.67 Å². The van der Waals surface area contributed by atoms with Crippen molar-refractivity contribution in [1.82, 2.24) is 24.9 Å². The van der Waals surface area contributed by atoms with Gasteiger partial charge in [-0.1, -0.05) is 65.3 Å². The Bertz CT molecular complexity index is 1440. The number of nitrogens with zero attached hydrogens (tertiary/aromatic N) is 6. The molecule has 164 valence electrons. The van der Waals surface area contributed by atoms with Crippen LogP contribution in [0.1, 0.15) is 5.69 Å². The molecule has 0 radical (unpaired) electrons. The Labute approximate surface area is 197 Å². The van der Waals surface area contributed by atoms with Crippen molar-refractivity contribution in [3.63, 3.8) is 0 Å². The number of hydrogen-bond acceptors (Lipinski definition) is 5. The lowest BCUT2D eigenvalue weighted by Crippen LogP contribution is -2.46. The predicted molar refractivity (Wildman–Crippen MR) is 133 cm³/mol. The summed E-state index contributed by atoms with van der Waals surface area (Å²) < 4.78 is 1.78. The van der Waals surface area contributed by atoms with Crippen molar-refractivity contribution in [2.75, 3.05) is 31.1 Å². The van der Waals surface area contributed by atoms with Crippen LogP contribution in [-0.4, -0.2) is 51.1 Å². The van der Waals surface area contributed by atoms with Gasteiger partial charge in [-0.3, -0.25) is 4.90 Å². The number of para-hydroxylation sites is 1. The fourth-order valence-corrected chi connectivity index (χ4v) is 4.77. The summed E-state index contributed by atoms with van der Waals surface area (Å²) in [4.78, 5) is 9.88. The molecule has 0 atom stereocenters. The summed E-state index contributed by atoms with van der Waals surface area (Å²) in [5, 5.41) is 13.0. The Kier molecular flexibility index (Phi) is 5.17. The van der Waals surface area contributed by atoms with Gasteiger partial charge in [-0.2, -0.15) is 0 Å². The van der Waals surface area contributed by atoms with Gasteiger partial charge in [-0.15, -0.1) is 5.10 Å². The summed E-state index contributed by atoms with van der Waals surface area (Å²) in [6, 6.07) is 24.6. The Morgan fingerprint density at radius 3 is 2.36 bits per heavy atom. The smallest absolute Gasteiger partial charge is 0.137 e. The van der Waals surface area contributed by atoms with Crippen LogP contribution in [0.3, 0.4) is 0 Å². The maximum atomic E-state index is 6.11. The highest BCUT2D eigenvalue weighted by molar-refractivity contribution is 6.30. The van der Waals surface area contributed by atoms with E-state index in [-0.39, 0.29) is 0 Å². The third kappa shape index (κ3) is 3.92. The van der Waals surface area contributed by atoms with Crippen LogP contribution in [0.15, 0.2) is 79.0 Å². The largest absolute Gasteiger partial charge is 0.354 e. The molecule has 0 unspecified atom stereocenters. The van der Waals surface area contributed by atoms with Gasteiger partial charge in [0.2, 0.25) is 0 Å². The van der Waals surface area contributed by atoms with Gasteiger partial charge in [0.1, 0.15) is 5.82 Å². The maximum Gasteiger partial charge on any atom is 0.137 e. The van der Waals surface area contributed by atoms with E-state index >= 15 is 0 Å². The number of fused-ring (bicyclic) bond motifs is 3. The second-order valence-corrected chi connectivity index (χ2v) is 8.83. The molecule has 1 fully saturated rings. The Morgan fingerprint density at radius 2 is 1.55 bits per heavy atom. The van der Waals surface area contributed by atoms with Crippen LogP contribution in [0.5, 0.6) is 0 Å². The van der Waals surface area contributed by atoms with E-state index < -0.39 is 0 Å². The van der Waals surface area contributed by atoms with Crippen molar-refractivity contribution >= 4 is 39.1 Å². The first-order valence-corrected chi connectivity index (χ1v) is 11.5. The van der Waals surface area contributed by atoms with E-state index in [1.54, 1.807) is 4.68 Å². The third-order valence-electron chi connectivity index (χ3n) is 6.26. The standard InChI is InChI=1S/C26H23ClN6/c27-19-6-5-7-21(16-19)33-18-20(29-30-33)17-31-12-14-32(15-13-31)26-24-10-2-1-8-22(24)23-9-3-4-11-25(23)28-26/h1-11,16,18H,12-15,17H2. The number of benzene rings is 3. The van der Waals surface area contributed by atoms with Crippen molar-refractivity contribution in [2.45, 2.75) is 6.54 Å². The van der Waals surface area contributed by atoms with Gasteiger partial charge < -0.3 is 4.90 Å². The SMILES string of the molecule is Clc1cccc(-n2cc(CN3CCN(c4nc5ccccc5c5ccccc45)CC3)nn2)c1. The minimum atomic E-state index is 0.690. The third-order valence-corrected chi connectivity index (χ3v) is 6.49. The van der Waals surface area contributed by atoms with Gasteiger partial charge in [0.25, 0.3) is 0 Å². The van der Waals surface area contributed by atoms with Crippen LogP contribution in [-0.2, 0) is 6.54 Å². The molecule has 5 aromatic rings. The van der Waals surface area contributed by atoms with Crippen LogP contribution >= 0.6 is 11.6 Å². The zero-order chi connectivity index (χ0) is 22.2. The molecule has 6 rings (SSSR count). The van der Waals surface area contributed by atoms with Crippen LogP contribution in [0.25, 0.3) is 27.4 Å². The number of piperazine rings is 1. The Morgan fingerprint density at radius 1 is 0.788 bits per heavy atom. The van der Waals surface area contributed by atoms with Gasteiger partial charge >= 0.3 is 0 Å². The molecule has 33 heavy (non-hydrogen) atoms. The second kappa shape index (κ2) is 8.46. The molecule has 0 saturated carbocycles. The van der Waals surface area contributed by atoms with Gasteiger partial charge in [-0.05, 0) is 29.7 Å². The highest BCUT2D eigenvalue weighted by atomic mass is 35.5. The Balaban J connectivity index is 1.19. The van der Waals surface area contributed by atoms with Crippen molar-refractivity contribution in [3.8, 4) is 5.69 Å². The molecule has 0 bridgehead atoms. The minimum Gasteiger partial charge on any atom is -0.354 e. The fraction of sp³-hybridized carbons (Fsp3) is 0.192. The average molecular weight is 455 g/mol. The molecule has 1 aliphatic heterocycles. The summed E-state index contributed by atoms with van der Waals surface area (Å²) in [7, 11) is 0. The molecule has 1 aliphatic rings. The molecule has 6 nitrogen and oxygen atoms in total. The van der Waals surface area contributed by atoms with E-state index in [0.717, 1.165) is 55.4 Å². The quantitative estimate of drug-likeness (QED) is 0.360. The van der Waals surface area contributed by atoms with E-state index in [1.165, 1.54) is 16.2 Å². The van der Waals surface area contributed by atoms with Crippen molar-refractivity contribution in [2.24, 2.45) is 0 Å². The number of pyridine rings is 1. The number of halogens is 1. The molecule has 0 aliphatic carbocycles. The molecular weight excluding hydrogens is 432 g/mol. The maximum absolute atomic E-state index is 6.11. The van der Waals surface area contributed by atoms with Crippen molar-refractivity contribution in [1.29, 1.82) is 0 Å². The summed E-state index contributed by atoms with van der Waals surface area (Å²) in [5.41, 5.74) is 2.92. The number of hydrogen-bond donors (Lipinski definition) is 0. The molecule has 3 heterocycles. The molecule has 3 aromatic carbocycles. The van der Waals surface area contributed by atoms with Gasteiger partial charge in [0.15, 0.2) is 0 Å². The minimum absolute atomic E-state index is 0.690. The van der Waals surface area contributed by atoms with Crippen molar-refractivity contribution in [3.05, 3.63) is 89.7 Å². The summed E-state index contributed by atoms with van der Waals surface area (Å²) in [5.74, 6) is 1.08. The average Bonchev–Trinajstić information content (AvgIpc) is 3.33. The Hall–Kier alpha value is -3.48. The predicted octanol–water partition coefficient (Wildman–Crippen LogP) is 4.94. The molecule has 0 N–H and O–H groups in total. The van der Waals surface area contributed by atoms with Crippen LogP contribution < -0.4 is 4.90 Å². The lowest BCUT2D eigenvalue weighted by molar-refractivity contribution is 0.246. The molecule has 0 amide bonds. The number of rotatable bonds is 4. The molecule has 0 spiro atoms. The molecule has 7 heteroatoms. The first kappa shape index (κ1) is 20.1. The van der Waals surface area contributed by atoms with Crippen molar-refractivity contribution < 1.29 is 0 Å². The molecular formula is C26H23ClN6. The molecule has 2 aromatic heterocycles. The van der Waals surface area contributed by atoms with Crippen LogP contribution in [0, 0.1) is 0 Å². The van der Waals surface area contributed by atoms with E-state index in [4.69, 9.17) is 16.6 Å². The van der Waals surface area contributed by atoms with Crippen LogP contribution in [0.2, 0.25) is 5.02 Å². The second-order valence-electron chi connectivity index (χ2n) is 8.40. The van der Waals surface area contributed by atoms with E-state index in [9.17, 15) is 0 Å². The zero-order valence-electron chi connectivity index (χ0n) is 18.1. The highest BCUT2D eigenvalue weighted by Gasteiger charge is 2.21. The number of aromatic nitrogens is 4.